The molecule has 23 heavy (non-hydrogen) atoms. The first-order valence-corrected chi connectivity index (χ1v) is 7.58. The fraction of sp³-hybridized carbons (Fsp3) is 0.412. The van der Waals surface area contributed by atoms with Crippen molar-refractivity contribution in [3.63, 3.8) is 0 Å². The van der Waals surface area contributed by atoms with Gasteiger partial charge in [-0.1, -0.05) is 17.7 Å². The minimum Gasteiger partial charge on any atom is -0.274 e. The average molecular weight is 323 g/mol. The molecule has 6 heteroatoms. The van der Waals surface area contributed by atoms with Crippen LogP contribution in [0.1, 0.15) is 43.2 Å². The van der Waals surface area contributed by atoms with Crippen molar-refractivity contribution in [1.29, 1.82) is 0 Å². The van der Waals surface area contributed by atoms with Gasteiger partial charge in [-0.2, -0.15) is 13.2 Å². The molecule has 0 saturated heterocycles. The molecule has 1 heterocycles. The topological polar surface area (TPSA) is 37.4 Å². The lowest BCUT2D eigenvalue weighted by atomic mass is 9.86. The molecule has 1 aliphatic heterocycles. The minimum absolute atomic E-state index is 0.113. The van der Waals surface area contributed by atoms with Crippen LogP contribution < -0.4 is 0 Å². The molecule has 3 rings (SSSR count). The number of nitrogens with zero attached hydrogens (tertiary/aromatic N) is 1. The quantitative estimate of drug-likeness (QED) is 0.776. The zero-order chi connectivity index (χ0) is 16.6. The lowest BCUT2D eigenvalue weighted by molar-refractivity contribution is -0.144. The van der Waals surface area contributed by atoms with Crippen molar-refractivity contribution < 1.29 is 22.8 Å². The van der Waals surface area contributed by atoms with Crippen molar-refractivity contribution in [3.8, 4) is 0 Å². The maximum absolute atomic E-state index is 12.8. The van der Waals surface area contributed by atoms with E-state index in [1.807, 2.05) is 0 Å². The summed E-state index contributed by atoms with van der Waals surface area (Å²) in [6.07, 6.45) is -0.918. The van der Waals surface area contributed by atoms with Crippen molar-refractivity contribution in [2.45, 2.75) is 44.8 Å². The Labute approximate surface area is 131 Å². The molecule has 0 unspecified atom stereocenters. The van der Waals surface area contributed by atoms with E-state index in [0.717, 1.165) is 41.9 Å². The monoisotopic (exact) mass is 323 g/mol. The van der Waals surface area contributed by atoms with Gasteiger partial charge in [0.1, 0.15) is 0 Å². The molecule has 122 valence electrons. The van der Waals surface area contributed by atoms with Crippen LogP contribution in [0.4, 0.5) is 13.2 Å². The van der Waals surface area contributed by atoms with Gasteiger partial charge in [0.05, 0.1) is 12.1 Å². The van der Waals surface area contributed by atoms with Crippen LogP contribution in [0.2, 0.25) is 0 Å². The number of benzene rings is 1. The number of imide groups is 1. The Morgan fingerprint density at radius 1 is 1.09 bits per heavy atom. The molecule has 1 aliphatic carbocycles. The molecule has 0 N–H and O–H groups in total. The average Bonchev–Trinajstić information content (AvgIpc) is 2.51. The smallest absolute Gasteiger partial charge is 0.274 e. The van der Waals surface area contributed by atoms with Gasteiger partial charge in [-0.3, -0.25) is 14.5 Å². The number of rotatable bonds is 2. The second kappa shape index (κ2) is 5.83. The Balaban J connectivity index is 1.84. The Morgan fingerprint density at radius 2 is 1.83 bits per heavy atom. The first kappa shape index (κ1) is 15.8. The fourth-order valence-electron chi connectivity index (χ4n) is 3.16. The van der Waals surface area contributed by atoms with Gasteiger partial charge in [-0.05, 0) is 43.4 Å². The van der Waals surface area contributed by atoms with Crippen LogP contribution in [0.3, 0.4) is 0 Å². The third-order valence-corrected chi connectivity index (χ3v) is 4.35. The second-order valence-electron chi connectivity index (χ2n) is 5.95. The van der Waals surface area contributed by atoms with Crippen LogP contribution in [0, 0.1) is 0 Å². The molecular formula is C17H16F3NO2. The third-order valence-electron chi connectivity index (χ3n) is 4.35. The molecule has 2 amide bonds. The highest BCUT2D eigenvalue weighted by Crippen LogP contribution is 2.34. The van der Waals surface area contributed by atoms with E-state index in [1.165, 1.54) is 12.1 Å². The van der Waals surface area contributed by atoms with Crippen LogP contribution in [-0.4, -0.2) is 16.7 Å². The van der Waals surface area contributed by atoms with Crippen LogP contribution in [0.5, 0.6) is 0 Å². The molecule has 3 nitrogen and oxygen atoms in total. The summed E-state index contributed by atoms with van der Waals surface area (Å²) < 4.78 is 38.3. The molecule has 0 saturated carbocycles. The number of carbonyl (C=O) groups is 2. The molecule has 1 aromatic carbocycles. The lowest BCUT2D eigenvalue weighted by Gasteiger charge is -2.31. The molecule has 2 aliphatic rings. The Bertz CT molecular complexity index is 691. The van der Waals surface area contributed by atoms with Gasteiger partial charge in [-0.15, -0.1) is 0 Å². The Hall–Kier alpha value is -2.11. The van der Waals surface area contributed by atoms with E-state index < -0.39 is 11.7 Å². The summed E-state index contributed by atoms with van der Waals surface area (Å²) in [4.78, 5) is 25.8. The van der Waals surface area contributed by atoms with Gasteiger partial charge >= 0.3 is 6.18 Å². The predicted molar refractivity (Wildman–Crippen MR) is 77.1 cm³/mol. The maximum Gasteiger partial charge on any atom is 0.416 e. The number of hydrogen-bond donors (Lipinski definition) is 0. The van der Waals surface area contributed by atoms with Crippen molar-refractivity contribution in [2.75, 3.05) is 0 Å². The normalized spacial score (nSPS) is 19.2. The summed E-state index contributed by atoms with van der Waals surface area (Å²) in [6.45, 7) is -0.113. The third kappa shape index (κ3) is 3.16. The highest BCUT2D eigenvalue weighted by Gasteiger charge is 2.34. The summed E-state index contributed by atoms with van der Waals surface area (Å²) in [6, 6.07) is 4.76. The molecule has 0 bridgehead atoms. The summed E-state index contributed by atoms with van der Waals surface area (Å²) in [5, 5.41) is 0. The number of alkyl halides is 3. The molecule has 0 fully saturated rings. The summed E-state index contributed by atoms with van der Waals surface area (Å²) in [7, 11) is 0. The van der Waals surface area contributed by atoms with E-state index in [4.69, 9.17) is 0 Å². The van der Waals surface area contributed by atoms with Gasteiger partial charge in [0.25, 0.3) is 5.91 Å². The van der Waals surface area contributed by atoms with Crippen molar-refractivity contribution in [3.05, 3.63) is 46.5 Å². The van der Waals surface area contributed by atoms with E-state index in [0.29, 0.717) is 17.6 Å². The van der Waals surface area contributed by atoms with E-state index in [-0.39, 0.29) is 24.8 Å². The molecular weight excluding hydrogens is 307 g/mol. The fourth-order valence-corrected chi connectivity index (χ4v) is 3.16. The molecule has 0 spiro atoms. The Kier molecular flexibility index (Phi) is 4.00. The van der Waals surface area contributed by atoms with Crippen molar-refractivity contribution >= 4 is 11.8 Å². The van der Waals surface area contributed by atoms with Gasteiger partial charge in [0, 0.05) is 12.0 Å². The van der Waals surface area contributed by atoms with Crippen LogP contribution >= 0.6 is 0 Å². The van der Waals surface area contributed by atoms with Gasteiger partial charge in [0.15, 0.2) is 0 Å². The van der Waals surface area contributed by atoms with Crippen LogP contribution in [0.25, 0.3) is 0 Å². The largest absolute Gasteiger partial charge is 0.416 e. The highest BCUT2D eigenvalue weighted by molar-refractivity contribution is 6.08. The van der Waals surface area contributed by atoms with Crippen molar-refractivity contribution in [2.24, 2.45) is 0 Å². The summed E-state index contributed by atoms with van der Waals surface area (Å²) in [5.41, 5.74) is 1.13. The number of amides is 2. The highest BCUT2D eigenvalue weighted by atomic mass is 19.4. The minimum atomic E-state index is -4.44. The first-order valence-electron chi connectivity index (χ1n) is 7.58. The standard InChI is InChI=1S/C17H16F3NO2/c18-17(19,20)13-6-3-4-11(8-13)10-21-15(22)9-12-5-1-2-7-14(12)16(21)23/h3-4,6,8H,1-2,5,7,9-10H2. The van der Waals surface area contributed by atoms with E-state index in [1.54, 1.807) is 0 Å². The zero-order valence-electron chi connectivity index (χ0n) is 12.4. The van der Waals surface area contributed by atoms with Gasteiger partial charge in [0.2, 0.25) is 5.91 Å². The van der Waals surface area contributed by atoms with Crippen molar-refractivity contribution in [1.82, 2.24) is 4.90 Å². The number of hydrogen-bond acceptors (Lipinski definition) is 2. The maximum atomic E-state index is 12.8. The second-order valence-corrected chi connectivity index (χ2v) is 5.95. The number of carbonyl (C=O) groups excluding carboxylic acids is 2. The molecule has 1 aromatic rings. The van der Waals surface area contributed by atoms with Gasteiger partial charge in [-0.25, -0.2) is 0 Å². The SMILES string of the molecule is O=C1CC2=C(CCCC2)C(=O)N1Cc1cccc(C(F)(F)F)c1. The Morgan fingerprint density at radius 3 is 2.57 bits per heavy atom. The zero-order valence-corrected chi connectivity index (χ0v) is 12.4. The van der Waals surface area contributed by atoms with E-state index >= 15 is 0 Å². The molecule has 0 atom stereocenters. The van der Waals surface area contributed by atoms with Gasteiger partial charge < -0.3 is 0 Å². The number of halogens is 3. The van der Waals surface area contributed by atoms with Crippen LogP contribution in [-0.2, 0) is 22.3 Å². The molecule has 0 aromatic heterocycles. The predicted octanol–water partition coefficient (Wildman–Crippen LogP) is 3.83. The van der Waals surface area contributed by atoms with Crippen LogP contribution in [0.15, 0.2) is 35.4 Å². The van der Waals surface area contributed by atoms with E-state index in [2.05, 4.69) is 0 Å². The molecule has 0 radical (unpaired) electrons. The lowest BCUT2D eigenvalue weighted by Crippen LogP contribution is -2.41. The first-order chi connectivity index (χ1) is 10.9. The summed E-state index contributed by atoms with van der Waals surface area (Å²) in [5.74, 6) is -0.665. The van der Waals surface area contributed by atoms with E-state index in [9.17, 15) is 22.8 Å². The summed E-state index contributed by atoms with van der Waals surface area (Å²) >= 11 is 0.